The number of amides is 2. The summed E-state index contributed by atoms with van der Waals surface area (Å²) in [6.45, 7) is 3.39. The van der Waals surface area contributed by atoms with Crippen molar-refractivity contribution in [1.29, 1.82) is 0 Å². The number of methoxy groups -OCH3 is 1. The van der Waals surface area contributed by atoms with Gasteiger partial charge in [0.05, 0.1) is 42.2 Å². The summed E-state index contributed by atoms with van der Waals surface area (Å²) in [4.78, 5) is 29.7. The molecule has 0 aliphatic heterocycles. The van der Waals surface area contributed by atoms with Gasteiger partial charge in [-0.15, -0.1) is 0 Å². The molecule has 0 fully saturated rings. The molecule has 0 spiro atoms. The lowest BCUT2D eigenvalue weighted by molar-refractivity contribution is -0.115. The SMILES string of the molecule is COc1ccc(C)cc1NC(=O)CNC(=O)c1cc(-c2ccco2)nc2onc(C)c12. The Morgan fingerprint density at radius 3 is 2.74 bits per heavy atom. The lowest BCUT2D eigenvalue weighted by Gasteiger charge is -2.12. The number of aromatic nitrogens is 2. The topological polar surface area (TPSA) is 119 Å². The summed E-state index contributed by atoms with van der Waals surface area (Å²) in [6.07, 6.45) is 1.51. The van der Waals surface area contributed by atoms with Gasteiger partial charge in [-0.05, 0) is 49.7 Å². The minimum Gasteiger partial charge on any atom is -0.495 e. The zero-order valence-corrected chi connectivity index (χ0v) is 17.2. The van der Waals surface area contributed by atoms with E-state index in [1.807, 2.05) is 13.0 Å². The first-order valence-corrected chi connectivity index (χ1v) is 9.50. The monoisotopic (exact) mass is 420 g/mol. The van der Waals surface area contributed by atoms with Gasteiger partial charge in [0, 0.05) is 0 Å². The number of carbonyl (C=O) groups is 2. The van der Waals surface area contributed by atoms with E-state index in [0.717, 1.165) is 5.56 Å². The first kappa shape index (κ1) is 20.1. The van der Waals surface area contributed by atoms with Crippen molar-refractivity contribution in [3.8, 4) is 17.2 Å². The number of aryl methyl sites for hydroxylation is 2. The Balaban J connectivity index is 1.54. The number of anilines is 1. The van der Waals surface area contributed by atoms with E-state index in [4.69, 9.17) is 13.7 Å². The van der Waals surface area contributed by atoms with Crippen LogP contribution in [0.25, 0.3) is 22.6 Å². The number of hydrogen-bond donors (Lipinski definition) is 2. The van der Waals surface area contributed by atoms with Gasteiger partial charge in [-0.1, -0.05) is 11.2 Å². The highest BCUT2D eigenvalue weighted by atomic mass is 16.5. The number of pyridine rings is 1. The maximum absolute atomic E-state index is 12.9. The standard InChI is InChI=1S/C22H20N4O5/c1-12-6-7-17(29-3)15(9-12)24-19(27)11-23-21(28)14-10-16(18-5-4-8-30-18)25-22-20(14)13(2)26-31-22/h4-10H,11H2,1-3H3,(H,23,28)(H,24,27). The summed E-state index contributed by atoms with van der Waals surface area (Å²) in [5.74, 6) is 0.160. The highest BCUT2D eigenvalue weighted by molar-refractivity contribution is 6.08. The Kier molecular flexibility index (Phi) is 5.40. The molecule has 9 heteroatoms. The molecular weight excluding hydrogens is 400 g/mol. The van der Waals surface area contributed by atoms with Crippen LogP contribution in [0, 0.1) is 13.8 Å². The maximum atomic E-state index is 12.9. The highest BCUT2D eigenvalue weighted by Crippen LogP contribution is 2.27. The smallest absolute Gasteiger partial charge is 0.259 e. The fraction of sp³-hybridized carbons (Fsp3) is 0.182. The first-order valence-electron chi connectivity index (χ1n) is 9.50. The number of nitrogens with zero attached hydrogens (tertiary/aromatic N) is 2. The predicted molar refractivity (Wildman–Crippen MR) is 113 cm³/mol. The Bertz CT molecular complexity index is 1260. The van der Waals surface area contributed by atoms with Gasteiger partial charge in [0.15, 0.2) is 5.76 Å². The van der Waals surface area contributed by atoms with Crippen molar-refractivity contribution in [2.24, 2.45) is 0 Å². The summed E-state index contributed by atoms with van der Waals surface area (Å²) in [7, 11) is 1.52. The maximum Gasteiger partial charge on any atom is 0.259 e. The predicted octanol–water partition coefficient (Wildman–Crippen LogP) is 3.48. The lowest BCUT2D eigenvalue weighted by atomic mass is 10.1. The van der Waals surface area contributed by atoms with Crippen molar-refractivity contribution >= 4 is 28.6 Å². The number of rotatable bonds is 6. The molecule has 0 saturated carbocycles. The molecule has 0 radical (unpaired) electrons. The fourth-order valence-electron chi connectivity index (χ4n) is 3.19. The van der Waals surface area contributed by atoms with E-state index in [-0.39, 0.29) is 17.8 Å². The third-order valence-corrected chi connectivity index (χ3v) is 4.67. The van der Waals surface area contributed by atoms with E-state index >= 15 is 0 Å². The second kappa shape index (κ2) is 8.31. The van der Waals surface area contributed by atoms with Crippen molar-refractivity contribution in [3.05, 3.63) is 59.5 Å². The van der Waals surface area contributed by atoms with Crippen LogP contribution in [0.1, 0.15) is 21.6 Å². The lowest BCUT2D eigenvalue weighted by Crippen LogP contribution is -2.33. The number of furan rings is 1. The van der Waals surface area contributed by atoms with Gasteiger partial charge in [-0.2, -0.15) is 0 Å². The molecule has 9 nitrogen and oxygen atoms in total. The second-order valence-electron chi connectivity index (χ2n) is 6.92. The van der Waals surface area contributed by atoms with Crippen molar-refractivity contribution in [3.63, 3.8) is 0 Å². The van der Waals surface area contributed by atoms with E-state index in [1.165, 1.54) is 13.4 Å². The van der Waals surface area contributed by atoms with Crippen molar-refractivity contribution in [2.45, 2.75) is 13.8 Å². The van der Waals surface area contributed by atoms with Crippen LogP contribution in [-0.2, 0) is 4.79 Å². The minimum atomic E-state index is -0.460. The fourth-order valence-corrected chi connectivity index (χ4v) is 3.19. The first-order chi connectivity index (χ1) is 15.0. The Labute approximate surface area is 177 Å². The molecule has 1 aromatic carbocycles. The van der Waals surface area contributed by atoms with E-state index < -0.39 is 11.8 Å². The molecule has 158 valence electrons. The van der Waals surface area contributed by atoms with Gasteiger partial charge in [-0.25, -0.2) is 4.98 Å². The van der Waals surface area contributed by atoms with Crippen LogP contribution < -0.4 is 15.4 Å². The number of ether oxygens (including phenoxy) is 1. The number of carbonyl (C=O) groups excluding carboxylic acids is 2. The average Bonchev–Trinajstić information content (AvgIpc) is 3.42. The van der Waals surface area contributed by atoms with E-state index in [2.05, 4.69) is 20.8 Å². The van der Waals surface area contributed by atoms with Crippen LogP contribution in [0.15, 0.2) is 51.6 Å². The third-order valence-electron chi connectivity index (χ3n) is 4.67. The summed E-state index contributed by atoms with van der Waals surface area (Å²) in [5.41, 5.74) is 2.94. The van der Waals surface area contributed by atoms with E-state index in [9.17, 15) is 9.59 Å². The van der Waals surface area contributed by atoms with Crippen LogP contribution in [0.5, 0.6) is 5.75 Å². The van der Waals surface area contributed by atoms with Gasteiger partial charge in [0.1, 0.15) is 11.4 Å². The quantitative estimate of drug-likeness (QED) is 0.490. The average molecular weight is 420 g/mol. The Hall–Kier alpha value is -4.14. The molecule has 2 amide bonds. The van der Waals surface area contributed by atoms with Crippen LogP contribution in [0.4, 0.5) is 5.69 Å². The van der Waals surface area contributed by atoms with Gasteiger partial charge < -0.3 is 24.3 Å². The molecule has 0 unspecified atom stereocenters. The van der Waals surface area contributed by atoms with Gasteiger partial charge in [0.25, 0.3) is 11.6 Å². The van der Waals surface area contributed by atoms with Gasteiger partial charge in [-0.3, -0.25) is 9.59 Å². The van der Waals surface area contributed by atoms with E-state index in [0.29, 0.717) is 34.0 Å². The molecule has 31 heavy (non-hydrogen) atoms. The molecule has 3 aromatic heterocycles. The largest absolute Gasteiger partial charge is 0.495 e. The van der Waals surface area contributed by atoms with Crippen LogP contribution >= 0.6 is 0 Å². The molecule has 4 aromatic rings. The zero-order valence-electron chi connectivity index (χ0n) is 17.2. The number of hydrogen-bond acceptors (Lipinski definition) is 7. The highest BCUT2D eigenvalue weighted by Gasteiger charge is 2.20. The molecule has 0 aliphatic carbocycles. The van der Waals surface area contributed by atoms with Gasteiger partial charge >= 0.3 is 0 Å². The summed E-state index contributed by atoms with van der Waals surface area (Å²) < 4.78 is 15.9. The molecule has 0 saturated heterocycles. The van der Waals surface area contributed by atoms with Crippen LogP contribution in [0.3, 0.4) is 0 Å². The molecule has 3 heterocycles. The molecule has 0 bridgehead atoms. The number of fused-ring (bicyclic) bond motifs is 1. The number of benzene rings is 1. The van der Waals surface area contributed by atoms with Crippen molar-refractivity contribution in [2.75, 3.05) is 19.0 Å². The molecule has 2 N–H and O–H groups in total. The van der Waals surface area contributed by atoms with Crippen LogP contribution in [0.2, 0.25) is 0 Å². The van der Waals surface area contributed by atoms with E-state index in [1.54, 1.807) is 37.3 Å². The molecule has 0 atom stereocenters. The van der Waals surface area contributed by atoms with Crippen LogP contribution in [-0.4, -0.2) is 35.6 Å². The summed E-state index contributed by atoms with van der Waals surface area (Å²) in [5, 5.41) is 9.76. The van der Waals surface area contributed by atoms with Crippen molar-refractivity contribution < 1.29 is 23.3 Å². The second-order valence-corrected chi connectivity index (χ2v) is 6.92. The zero-order chi connectivity index (χ0) is 22.0. The van der Waals surface area contributed by atoms with Gasteiger partial charge in [0.2, 0.25) is 5.91 Å². The normalized spacial score (nSPS) is 10.8. The summed E-state index contributed by atoms with van der Waals surface area (Å²) in [6, 6.07) is 10.5. The molecular formula is C22H20N4O5. The number of nitrogens with one attached hydrogen (secondary N) is 2. The molecule has 4 rings (SSSR count). The Morgan fingerprint density at radius 1 is 1.16 bits per heavy atom. The summed E-state index contributed by atoms with van der Waals surface area (Å²) >= 11 is 0. The molecule has 0 aliphatic rings. The Morgan fingerprint density at radius 2 is 2.00 bits per heavy atom. The van der Waals surface area contributed by atoms with Crippen molar-refractivity contribution in [1.82, 2.24) is 15.5 Å². The minimum absolute atomic E-state index is 0.213. The third kappa shape index (κ3) is 4.11.